The average Bonchev–Trinajstić information content (AvgIpc) is 2.54. The van der Waals surface area contributed by atoms with E-state index in [1.165, 1.54) is 7.05 Å². The highest BCUT2D eigenvalue weighted by molar-refractivity contribution is 5.79. The summed E-state index contributed by atoms with van der Waals surface area (Å²) in [7, 11) is 3.21. The Morgan fingerprint density at radius 2 is 1.96 bits per heavy atom. The van der Waals surface area contributed by atoms with Crippen LogP contribution >= 0.6 is 0 Å². The van der Waals surface area contributed by atoms with Crippen LogP contribution in [-0.4, -0.2) is 14.5 Å². The van der Waals surface area contributed by atoms with Gasteiger partial charge in [0, 0.05) is 7.05 Å². The second-order valence-corrected chi connectivity index (χ2v) is 5.47. The molecule has 6 nitrogen and oxygen atoms in total. The summed E-state index contributed by atoms with van der Waals surface area (Å²) in [5, 5.41) is 0. The second-order valence-electron chi connectivity index (χ2n) is 5.47. The molecule has 0 saturated carbocycles. The van der Waals surface area contributed by atoms with Crippen molar-refractivity contribution in [1.82, 2.24) is 14.5 Å². The number of H-pyrrole nitrogens is 1. The van der Waals surface area contributed by atoms with Crippen LogP contribution in [0, 0.1) is 0 Å². The van der Waals surface area contributed by atoms with Gasteiger partial charge in [0.2, 0.25) is 5.52 Å². The van der Waals surface area contributed by atoms with Gasteiger partial charge in [0.1, 0.15) is 11.9 Å². The first kappa shape index (κ1) is 14.9. The summed E-state index contributed by atoms with van der Waals surface area (Å²) in [6.07, 6.45) is 3.80. The number of aromatic amines is 1. The molecule has 0 saturated heterocycles. The summed E-state index contributed by atoms with van der Waals surface area (Å²) in [6.45, 7) is 1.94. The third-order valence-corrected chi connectivity index (χ3v) is 3.75. The van der Waals surface area contributed by atoms with E-state index in [1.54, 1.807) is 17.8 Å². The van der Waals surface area contributed by atoms with Gasteiger partial charge in [-0.15, -0.1) is 0 Å². The largest absolute Gasteiger partial charge is 0.416 e. The van der Waals surface area contributed by atoms with E-state index in [1.807, 2.05) is 43.3 Å². The number of allylic oxidation sites excluding steroid dienone is 1. The molecule has 0 unspecified atom stereocenters. The zero-order chi connectivity index (χ0) is 16.6. The fourth-order valence-corrected chi connectivity index (χ4v) is 2.41. The zero-order valence-electron chi connectivity index (χ0n) is 13.2. The Kier molecular flexibility index (Phi) is 3.65. The standard InChI is InChI=1S/C17H16N4O2/c1-11(9-12-7-5-4-6-8-12)13-10-20(2)15-14(18-13)16(22)21(3)17(23)19-15/h4-10H,1-3H3/p+1/b11-9+. The molecule has 0 bridgehead atoms. The number of aromatic nitrogens is 4. The Balaban J connectivity index is 2.22. The molecule has 0 spiro atoms. The molecule has 3 rings (SSSR count). The Morgan fingerprint density at radius 3 is 2.65 bits per heavy atom. The summed E-state index contributed by atoms with van der Waals surface area (Å²) in [5.74, 6) is 0. The quantitative estimate of drug-likeness (QED) is 0.718. The number of aryl methyl sites for hydroxylation is 1. The number of rotatable bonds is 2. The minimum absolute atomic E-state index is 0.243. The minimum atomic E-state index is -0.454. The molecule has 1 N–H and O–H groups in total. The first-order valence-electron chi connectivity index (χ1n) is 7.21. The monoisotopic (exact) mass is 309 g/mol. The van der Waals surface area contributed by atoms with Crippen LogP contribution in [0.3, 0.4) is 0 Å². The number of fused-ring (bicyclic) bond motifs is 1. The summed E-state index contributed by atoms with van der Waals surface area (Å²) in [5.41, 5.74) is 2.47. The molecule has 0 fully saturated rings. The summed E-state index contributed by atoms with van der Waals surface area (Å²) < 4.78 is 2.73. The van der Waals surface area contributed by atoms with Crippen molar-refractivity contribution in [3.8, 4) is 0 Å². The van der Waals surface area contributed by atoms with Crippen molar-refractivity contribution in [3.63, 3.8) is 0 Å². The molecule has 0 amide bonds. The van der Waals surface area contributed by atoms with Crippen molar-refractivity contribution in [3.05, 3.63) is 68.6 Å². The Bertz CT molecular complexity index is 1030. The van der Waals surface area contributed by atoms with Gasteiger partial charge in [-0.25, -0.2) is 18.9 Å². The molecule has 2 aromatic heterocycles. The van der Waals surface area contributed by atoms with Crippen molar-refractivity contribution >= 4 is 22.8 Å². The average molecular weight is 309 g/mol. The molecule has 0 atom stereocenters. The maximum Gasteiger partial charge on any atom is 0.416 e. The van der Waals surface area contributed by atoms with E-state index in [9.17, 15) is 9.59 Å². The first-order valence-corrected chi connectivity index (χ1v) is 7.21. The van der Waals surface area contributed by atoms with E-state index < -0.39 is 11.2 Å². The summed E-state index contributed by atoms with van der Waals surface area (Å²) in [4.78, 5) is 31.1. The molecule has 2 heterocycles. The molecule has 23 heavy (non-hydrogen) atoms. The Morgan fingerprint density at radius 1 is 1.26 bits per heavy atom. The normalized spacial score (nSPS) is 11.9. The molecule has 0 aliphatic carbocycles. The number of hydrogen-bond donors (Lipinski definition) is 1. The molecule has 0 radical (unpaired) electrons. The van der Waals surface area contributed by atoms with Gasteiger partial charge in [-0.05, 0) is 24.1 Å². The van der Waals surface area contributed by atoms with Crippen LogP contribution < -0.4 is 15.8 Å². The van der Waals surface area contributed by atoms with Crippen molar-refractivity contribution in [2.75, 3.05) is 0 Å². The lowest BCUT2D eigenvalue weighted by Gasteiger charge is -2.04. The molecule has 0 aliphatic rings. The molecule has 3 aromatic rings. The van der Waals surface area contributed by atoms with E-state index in [-0.39, 0.29) is 5.52 Å². The maximum atomic E-state index is 12.3. The topological polar surface area (TPSA) is 71.6 Å². The van der Waals surface area contributed by atoms with Gasteiger partial charge in [-0.2, -0.15) is 4.98 Å². The highest BCUT2D eigenvalue weighted by atomic mass is 16.2. The highest BCUT2D eigenvalue weighted by Crippen LogP contribution is 2.15. The first-order chi connectivity index (χ1) is 11.0. The summed E-state index contributed by atoms with van der Waals surface area (Å²) >= 11 is 0. The molecule has 0 aliphatic heterocycles. The van der Waals surface area contributed by atoms with Crippen LogP contribution in [0.25, 0.3) is 22.8 Å². The number of nitrogens with zero attached hydrogens (tertiary/aromatic N) is 3. The van der Waals surface area contributed by atoms with Crippen LogP contribution in [0.15, 0.2) is 46.1 Å². The second kappa shape index (κ2) is 5.64. The van der Waals surface area contributed by atoms with Crippen LogP contribution in [0.4, 0.5) is 0 Å². The van der Waals surface area contributed by atoms with E-state index in [0.717, 1.165) is 15.7 Å². The van der Waals surface area contributed by atoms with Gasteiger partial charge in [-0.1, -0.05) is 30.3 Å². The number of hydrogen-bond acceptors (Lipinski definition) is 3. The molecule has 6 heteroatoms. The Hall–Kier alpha value is -3.02. The van der Waals surface area contributed by atoms with Crippen LogP contribution in [0.5, 0.6) is 0 Å². The van der Waals surface area contributed by atoms with Gasteiger partial charge >= 0.3 is 11.3 Å². The third kappa shape index (κ3) is 2.70. The van der Waals surface area contributed by atoms with Gasteiger partial charge in [0.15, 0.2) is 0 Å². The minimum Gasteiger partial charge on any atom is -0.266 e. The van der Waals surface area contributed by atoms with Crippen LogP contribution in [-0.2, 0) is 14.1 Å². The van der Waals surface area contributed by atoms with Crippen LogP contribution in [0.2, 0.25) is 0 Å². The predicted octanol–water partition coefficient (Wildman–Crippen LogP) is 1.01. The third-order valence-electron chi connectivity index (χ3n) is 3.75. The predicted molar refractivity (Wildman–Crippen MR) is 88.8 cm³/mol. The van der Waals surface area contributed by atoms with Gasteiger partial charge < -0.3 is 0 Å². The van der Waals surface area contributed by atoms with E-state index in [4.69, 9.17) is 0 Å². The van der Waals surface area contributed by atoms with Gasteiger partial charge in [-0.3, -0.25) is 4.79 Å². The lowest BCUT2D eigenvalue weighted by atomic mass is 10.1. The molecule has 116 valence electrons. The van der Waals surface area contributed by atoms with Crippen molar-refractivity contribution in [2.24, 2.45) is 14.1 Å². The SMILES string of the molecule is C/C(=C\c1ccccc1)c1c[n+](C)c2[nH]c(=O)n(C)c(=O)c2n1. The summed E-state index contributed by atoms with van der Waals surface area (Å²) in [6, 6.07) is 9.89. The molecule has 1 aromatic carbocycles. The lowest BCUT2D eigenvalue weighted by molar-refractivity contribution is -0.647. The van der Waals surface area contributed by atoms with Crippen LogP contribution in [0.1, 0.15) is 18.2 Å². The maximum absolute atomic E-state index is 12.3. The fourth-order valence-electron chi connectivity index (χ4n) is 2.41. The van der Waals surface area contributed by atoms with Crippen molar-refractivity contribution < 1.29 is 4.57 Å². The van der Waals surface area contributed by atoms with E-state index in [0.29, 0.717) is 11.3 Å². The van der Waals surface area contributed by atoms with Gasteiger partial charge in [0.05, 0.1) is 7.05 Å². The molecular formula is C17H17N4O2+. The highest BCUT2D eigenvalue weighted by Gasteiger charge is 2.16. The van der Waals surface area contributed by atoms with E-state index >= 15 is 0 Å². The fraction of sp³-hybridized carbons (Fsp3) is 0.176. The van der Waals surface area contributed by atoms with Gasteiger partial charge in [0.25, 0.3) is 5.56 Å². The zero-order valence-corrected chi connectivity index (χ0v) is 13.2. The number of benzene rings is 1. The molecular weight excluding hydrogens is 292 g/mol. The Labute approximate surface area is 132 Å². The lowest BCUT2D eigenvalue weighted by Crippen LogP contribution is -2.40. The number of nitrogens with one attached hydrogen (secondary N) is 1. The smallest absolute Gasteiger partial charge is 0.266 e. The van der Waals surface area contributed by atoms with E-state index in [2.05, 4.69) is 9.97 Å². The van der Waals surface area contributed by atoms with Crippen molar-refractivity contribution in [2.45, 2.75) is 6.92 Å². The van der Waals surface area contributed by atoms with Crippen molar-refractivity contribution in [1.29, 1.82) is 0 Å².